The molecule has 1 aromatic rings. The Morgan fingerprint density at radius 3 is 2.47 bits per heavy atom. The molecule has 0 fully saturated rings. The van der Waals surface area contributed by atoms with E-state index in [1.54, 1.807) is 0 Å². The van der Waals surface area contributed by atoms with Crippen LogP contribution < -0.4 is 4.74 Å². The van der Waals surface area contributed by atoms with E-state index in [2.05, 4.69) is 4.74 Å². The number of carbonyl (C=O) groups is 1. The van der Waals surface area contributed by atoms with Crippen molar-refractivity contribution in [1.29, 1.82) is 0 Å². The third kappa shape index (κ3) is 2.91. The number of carbonyl (C=O) groups excluding carboxylic acids is 1. The fourth-order valence-electron chi connectivity index (χ4n) is 1.34. The van der Waals surface area contributed by atoms with Gasteiger partial charge in [0, 0.05) is 0 Å². The highest BCUT2D eigenvalue weighted by molar-refractivity contribution is 5.76. The van der Waals surface area contributed by atoms with Gasteiger partial charge in [0.05, 0.1) is 19.8 Å². The van der Waals surface area contributed by atoms with Gasteiger partial charge in [0.2, 0.25) is 0 Å². The van der Waals surface area contributed by atoms with Crippen LogP contribution in [0.3, 0.4) is 0 Å². The largest absolute Gasteiger partial charge is 0.496 e. The van der Waals surface area contributed by atoms with Crippen LogP contribution in [0, 0.1) is 0 Å². The van der Waals surface area contributed by atoms with E-state index in [9.17, 15) is 18.7 Å². The number of ether oxygens (including phenoxy) is 2. The van der Waals surface area contributed by atoms with Crippen LogP contribution in [0.15, 0.2) is 18.2 Å². The molecule has 6 heteroatoms. The van der Waals surface area contributed by atoms with E-state index in [0.29, 0.717) is 0 Å². The smallest absolute Gasteiger partial charge is 0.339 e. The molecule has 0 aromatic heterocycles. The Morgan fingerprint density at radius 1 is 1.35 bits per heavy atom. The number of halogens is 2. The number of benzene rings is 1. The summed E-state index contributed by atoms with van der Waals surface area (Å²) < 4.78 is 34.4. The normalized spacial score (nSPS) is 12.4. The van der Waals surface area contributed by atoms with Gasteiger partial charge in [-0.1, -0.05) is 6.07 Å². The Balaban J connectivity index is 3.12. The van der Waals surface area contributed by atoms with Crippen LogP contribution in [-0.4, -0.2) is 25.3 Å². The molecule has 0 aliphatic carbocycles. The standard InChI is InChI=1S/C11H12F2O4/c1-16-8-4-3-6(5-7(8)10(12)13)9(14)11(15)17-2/h3-5,9-10,14H,1-2H3. The molecule has 0 heterocycles. The number of aliphatic hydroxyl groups is 1. The van der Waals surface area contributed by atoms with Gasteiger partial charge in [-0.05, 0) is 17.7 Å². The van der Waals surface area contributed by atoms with Crippen molar-refractivity contribution in [2.24, 2.45) is 0 Å². The summed E-state index contributed by atoms with van der Waals surface area (Å²) in [7, 11) is 2.36. The predicted octanol–water partition coefficient (Wildman–Crippen LogP) is 1.84. The highest BCUT2D eigenvalue weighted by atomic mass is 19.3. The summed E-state index contributed by atoms with van der Waals surface area (Å²) in [6.07, 6.45) is -4.34. The number of rotatable bonds is 4. The predicted molar refractivity (Wildman–Crippen MR) is 54.9 cm³/mol. The van der Waals surface area contributed by atoms with Gasteiger partial charge in [0.25, 0.3) is 6.43 Å². The lowest BCUT2D eigenvalue weighted by Crippen LogP contribution is -2.13. The van der Waals surface area contributed by atoms with Gasteiger partial charge in [0.15, 0.2) is 6.10 Å². The molecule has 0 bridgehead atoms. The van der Waals surface area contributed by atoms with Crippen LogP contribution in [0.5, 0.6) is 5.75 Å². The fraction of sp³-hybridized carbons (Fsp3) is 0.364. The summed E-state index contributed by atoms with van der Waals surface area (Å²) >= 11 is 0. The molecule has 1 N–H and O–H groups in total. The minimum Gasteiger partial charge on any atom is -0.496 e. The average Bonchev–Trinajstić information content (AvgIpc) is 2.35. The average molecular weight is 246 g/mol. The molecule has 0 radical (unpaired) electrons. The summed E-state index contributed by atoms with van der Waals surface area (Å²) in [6, 6.07) is 3.61. The van der Waals surface area contributed by atoms with E-state index >= 15 is 0 Å². The van der Waals surface area contributed by atoms with Crippen molar-refractivity contribution in [3.63, 3.8) is 0 Å². The SMILES string of the molecule is COC(=O)C(O)c1ccc(OC)c(C(F)F)c1. The topological polar surface area (TPSA) is 55.8 Å². The Morgan fingerprint density at radius 2 is 2.00 bits per heavy atom. The van der Waals surface area contributed by atoms with Crippen molar-refractivity contribution in [2.45, 2.75) is 12.5 Å². The zero-order valence-corrected chi connectivity index (χ0v) is 9.31. The van der Waals surface area contributed by atoms with E-state index in [1.807, 2.05) is 0 Å². The maximum absolute atomic E-state index is 12.7. The molecule has 0 aliphatic heterocycles. The van der Waals surface area contributed by atoms with Gasteiger partial charge < -0.3 is 14.6 Å². The van der Waals surface area contributed by atoms with Crippen molar-refractivity contribution in [3.8, 4) is 5.75 Å². The molecule has 4 nitrogen and oxygen atoms in total. The number of hydrogen-bond acceptors (Lipinski definition) is 4. The van der Waals surface area contributed by atoms with Crippen LogP contribution in [0.1, 0.15) is 23.7 Å². The maximum atomic E-state index is 12.7. The first-order chi connectivity index (χ1) is 8.01. The summed E-state index contributed by atoms with van der Waals surface area (Å²) in [5.74, 6) is -0.906. The van der Waals surface area contributed by atoms with Gasteiger partial charge in [-0.2, -0.15) is 0 Å². The van der Waals surface area contributed by atoms with Crippen molar-refractivity contribution < 1.29 is 28.2 Å². The quantitative estimate of drug-likeness (QED) is 0.823. The molecular formula is C11H12F2O4. The number of esters is 1. The number of methoxy groups -OCH3 is 2. The van der Waals surface area contributed by atoms with Gasteiger partial charge in [0.1, 0.15) is 5.75 Å². The van der Waals surface area contributed by atoms with Crippen molar-refractivity contribution >= 4 is 5.97 Å². The monoisotopic (exact) mass is 246 g/mol. The van der Waals surface area contributed by atoms with E-state index < -0.39 is 18.5 Å². The molecule has 94 valence electrons. The van der Waals surface area contributed by atoms with Crippen molar-refractivity contribution in [3.05, 3.63) is 29.3 Å². The van der Waals surface area contributed by atoms with Crippen LogP contribution >= 0.6 is 0 Å². The van der Waals surface area contributed by atoms with Crippen molar-refractivity contribution in [1.82, 2.24) is 0 Å². The minimum absolute atomic E-state index is 0.000755. The van der Waals surface area contributed by atoms with E-state index in [4.69, 9.17) is 4.74 Å². The van der Waals surface area contributed by atoms with Crippen molar-refractivity contribution in [2.75, 3.05) is 14.2 Å². The summed E-state index contributed by atoms with van der Waals surface area (Å²) in [5, 5.41) is 9.50. The van der Waals surface area contributed by atoms with Gasteiger partial charge >= 0.3 is 5.97 Å². The van der Waals surface area contributed by atoms with Crippen LogP contribution in [0.2, 0.25) is 0 Å². The first-order valence-corrected chi connectivity index (χ1v) is 4.73. The first-order valence-electron chi connectivity index (χ1n) is 4.73. The molecule has 17 heavy (non-hydrogen) atoms. The second-order valence-electron chi connectivity index (χ2n) is 3.23. The molecule has 1 unspecified atom stereocenters. The molecule has 1 rings (SSSR count). The molecule has 1 aromatic carbocycles. The Bertz CT molecular complexity index is 406. The lowest BCUT2D eigenvalue weighted by atomic mass is 10.1. The zero-order valence-electron chi connectivity index (χ0n) is 9.31. The highest BCUT2D eigenvalue weighted by Crippen LogP contribution is 2.31. The summed E-state index contributed by atoms with van der Waals surface area (Å²) in [4.78, 5) is 11.1. The van der Waals surface area contributed by atoms with Gasteiger partial charge in [-0.3, -0.25) is 0 Å². The van der Waals surface area contributed by atoms with Crippen LogP contribution in [0.4, 0.5) is 8.78 Å². The number of hydrogen-bond donors (Lipinski definition) is 1. The van der Waals surface area contributed by atoms with E-state index in [1.165, 1.54) is 19.2 Å². The second kappa shape index (κ2) is 5.58. The highest BCUT2D eigenvalue weighted by Gasteiger charge is 2.21. The molecular weight excluding hydrogens is 234 g/mol. The third-order valence-corrected chi connectivity index (χ3v) is 2.23. The van der Waals surface area contributed by atoms with Gasteiger partial charge in [-0.25, -0.2) is 13.6 Å². The van der Waals surface area contributed by atoms with Gasteiger partial charge in [-0.15, -0.1) is 0 Å². The molecule has 0 saturated heterocycles. The Hall–Kier alpha value is -1.69. The number of aliphatic hydroxyl groups excluding tert-OH is 1. The zero-order chi connectivity index (χ0) is 13.0. The molecule has 0 spiro atoms. The lowest BCUT2D eigenvalue weighted by molar-refractivity contribution is -0.150. The van der Waals surface area contributed by atoms with Crippen LogP contribution in [0.25, 0.3) is 0 Å². The third-order valence-electron chi connectivity index (χ3n) is 2.23. The molecule has 1 atom stereocenters. The first kappa shape index (κ1) is 13.4. The summed E-state index contributed by atoms with van der Waals surface area (Å²) in [6.45, 7) is 0. The summed E-state index contributed by atoms with van der Waals surface area (Å²) in [5.41, 5.74) is -0.346. The molecule has 0 aliphatic rings. The molecule has 0 amide bonds. The van der Waals surface area contributed by atoms with E-state index in [0.717, 1.165) is 13.2 Å². The second-order valence-corrected chi connectivity index (χ2v) is 3.23. The fourth-order valence-corrected chi connectivity index (χ4v) is 1.34. The van der Waals surface area contributed by atoms with E-state index in [-0.39, 0.29) is 16.9 Å². The maximum Gasteiger partial charge on any atom is 0.339 e. The lowest BCUT2D eigenvalue weighted by Gasteiger charge is -2.12. The Kier molecular flexibility index (Phi) is 4.39. The molecule has 0 saturated carbocycles. The minimum atomic E-state index is -2.75. The number of alkyl halides is 2. The Labute approximate surface area is 96.8 Å². The van der Waals surface area contributed by atoms with Crippen LogP contribution in [-0.2, 0) is 9.53 Å².